The Morgan fingerprint density at radius 2 is 1.92 bits per heavy atom. The molecule has 1 N–H and O–H groups in total. The molecule has 2 aromatic heterocycles. The van der Waals surface area contributed by atoms with Gasteiger partial charge in [0.15, 0.2) is 5.13 Å². The highest BCUT2D eigenvalue weighted by molar-refractivity contribution is 7.21. The summed E-state index contributed by atoms with van der Waals surface area (Å²) in [6.07, 6.45) is 1.78. The number of thiazole rings is 1. The van der Waals surface area contributed by atoms with E-state index >= 15 is 0 Å². The highest BCUT2D eigenvalue weighted by Crippen LogP contribution is 2.28. The molecule has 4 rings (SSSR count). The number of rotatable bonds is 2. The van der Waals surface area contributed by atoms with Gasteiger partial charge in [0.1, 0.15) is 10.3 Å². The van der Waals surface area contributed by atoms with E-state index in [2.05, 4.69) is 20.2 Å². The Kier molecular flexibility index (Phi) is 4.42. The molecule has 8 heteroatoms. The number of carbonyl (C=O) groups excluding carboxylic acids is 1. The lowest BCUT2D eigenvalue weighted by atomic mass is 10.3. The van der Waals surface area contributed by atoms with Crippen molar-refractivity contribution in [1.29, 1.82) is 0 Å². The number of nitrogens with one attached hydrogen (secondary N) is 1. The third kappa shape index (κ3) is 3.38. The van der Waals surface area contributed by atoms with Crippen LogP contribution in [-0.4, -0.2) is 47.1 Å². The molecule has 128 valence electrons. The largest absolute Gasteiger partial charge is 0.344 e. The fourth-order valence-electron chi connectivity index (χ4n) is 2.75. The summed E-state index contributed by atoms with van der Waals surface area (Å²) in [6.45, 7) is 2.77. The lowest BCUT2D eigenvalue weighted by Crippen LogP contribution is -2.50. The van der Waals surface area contributed by atoms with Gasteiger partial charge in [0, 0.05) is 32.4 Å². The molecule has 0 atom stereocenters. The first kappa shape index (κ1) is 16.1. The van der Waals surface area contributed by atoms with Crippen molar-refractivity contribution < 1.29 is 4.79 Å². The number of para-hydroxylation sites is 1. The lowest BCUT2D eigenvalue weighted by molar-refractivity contribution is 0.208. The van der Waals surface area contributed by atoms with Crippen LogP contribution in [-0.2, 0) is 0 Å². The van der Waals surface area contributed by atoms with E-state index in [1.165, 1.54) is 0 Å². The third-order valence-electron chi connectivity index (χ3n) is 4.11. The summed E-state index contributed by atoms with van der Waals surface area (Å²) >= 11 is 7.68. The van der Waals surface area contributed by atoms with Gasteiger partial charge in [0.25, 0.3) is 0 Å². The predicted octanol–water partition coefficient (Wildman–Crippen LogP) is 3.70. The smallest absolute Gasteiger partial charge is 0.322 e. The number of halogens is 1. The maximum Gasteiger partial charge on any atom is 0.322 e. The number of benzene rings is 1. The van der Waals surface area contributed by atoms with Gasteiger partial charge < -0.3 is 15.1 Å². The van der Waals surface area contributed by atoms with Crippen molar-refractivity contribution in [2.24, 2.45) is 0 Å². The van der Waals surface area contributed by atoms with Gasteiger partial charge in [0.2, 0.25) is 0 Å². The number of aromatic nitrogens is 2. The summed E-state index contributed by atoms with van der Waals surface area (Å²) in [5.41, 5.74) is 1.55. The van der Waals surface area contributed by atoms with E-state index in [1.54, 1.807) is 34.6 Å². The standard InChI is InChI=1S/C17H16ClN5OS/c18-12-4-1-2-5-13(12)20-16(24)22-8-10-23(11-9-22)17-21-14-6-3-7-19-15(14)25-17/h1-7H,8-11H2,(H,20,24). The molecule has 2 amide bonds. The molecular weight excluding hydrogens is 358 g/mol. The van der Waals surface area contributed by atoms with E-state index in [-0.39, 0.29) is 6.03 Å². The van der Waals surface area contributed by atoms with E-state index in [1.807, 2.05) is 24.3 Å². The second kappa shape index (κ2) is 6.85. The molecule has 1 aromatic carbocycles. The fraction of sp³-hybridized carbons (Fsp3) is 0.235. The maximum atomic E-state index is 12.4. The molecule has 0 radical (unpaired) electrons. The molecule has 3 aromatic rings. The van der Waals surface area contributed by atoms with Gasteiger partial charge >= 0.3 is 6.03 Å². The Morgan fingerprint density at radius 3 is 2.68 bits per heavy atom. The van der Waals surface area contributed by atoms with E-state index in [9.17, 15) is 4.79 Å². The van der Waals surface area contributed by atoms with Crippen molar-refractivity contribution in [3.05, 3.63) is 47.6 Å². The van der Waals surface area contributed by atoms with Crippen molar-refractivity contribution >= 4 is 50.1 Å². The lowest BCUT2D eigenvalue weighted by Gasteiger charge is -2.34. The first-order valence-electron chi connectivity index (χ1n) is 7.98. The average molecular weight is 374 g/mol. The zero-order chi connectivity index (χ0) is 17.2. The van der Waals surface area contributed by atoms with Gasteiger partial charge in [-0.25, -0.2) is 14.8 Å². The number of amides is 2. The van der Waals surface area contributed by atoms with E-state index in [0.29, 0.717) is 23.8 Å². The van der Waals surface area contributed by atoms with Crippen LogP contribution in [0.3, 0.4) is 0 Å². The number of nitrogens with zero attached hydrogens (tertiary/aromatic N) is 4. The summed E-state index contributed by atoms with van der Waals surface area (Å²) < 4.78 is 0. The molecule has 1 saturated heterocycles. The summed E-state index contributed by atoms with van der Waals surface area (Å²) in [5.74, 6) is 0. The van der Waals surface area contributed by atoms with Gasteiger partial charge in [-0.3, -0.25) is 0 Å². The molecule has 1 aliphatic heterocycles. The molecule has 6 nitrogen and oxygen atoms in total. The minimum Gasteiger partial charge on any atom is -0.344 e. The van der Waals surface area contributed by atoms with Crippen molar-refractivity contribution in [1.82, 2.24) is 14.9 Å². The van der Waals surface area contributed by atoms with Crippen LogP contribution >= 0.6 is 22.9 Å². The number of carbonyl (C=O) groups is 1. The minimum absolute atomic E-state index is 0.126. The van der Waals surface area contributed by atoms with E-state index in [0.717, 1.165) is 28.6 Å². The summed E-state index contributed by atoms with van der Waals surface area (Å²) in [5, 5.41) is 4.37. The van der Waals surface area contributed by atoms with E-state index in [4.69, 9.17) is 11.6 Å². The van der Waals surface area contributed by atoms with Crippen LogP contribution in [0.1, 0.15) is 0 Å². The summed E-state index contributed by atoms with van der Waals surface area (Å²) in [4.78, 5) is 26.3. The normalized spacial score (nSPS) is 14.8. The highest BCUT2D eigenvalue weighted by atomic mass is 35.5. The van der Waals surface area contributed by atoms with Crippen LogP contribution in [0.2, 0.25) is 5.02 Å². The Balaban J connectivity index is 1.39. The molecule has 0 spiro atoms. The first-order valence-corrected chi connectivity index (χ1v) is 9.17. The molecule has 0 aliphatic carbocycles. The van der Waals surface area contributed by atoms with Gasteiger partial charge in [-0.15, -0.1) is 0 Å². The second-order valence-electron chi connectivity index (χ2n) is 5.71. The SMILES string of the molecule is O=C(Nc1ccccc1Cl)N1CCN(c2nc3cccnc3s2)CC1. The van der Waals surface area contributed by atoms with Gasteiger partial charge in [0.05, 0.1) is 10.7 Å². The number of fused-ring (bicyclic) bond motifs is 1. The van der Waals surface area contributed by atoms with Crippen molar-refractivity contribution in [2.45, 2.75) is 0 Å². The maximum absolute atomic E-state index is 12.4. The fourth-order valence-corrected chi connectivity index (χ4v) is 3.89. The average Bonchev–Trinajstić information content (AvgIpc) is 3.08. The number of hydrogen-bond acceptors (Lipinski definition) is 5. The van der Waals surface area contributed by atoms with Crippen molar-refractivity contribution in [3.63, 3.8) is 0 Å². The molecular formula is C17H16ClN5OS. The van der Waals surface area contributed by atoms with E-state index < -0.39 is 0 Å². The highest BCUT2D eigenvalue weighted by Gasteiger charge is 2.23. The first-order chi connectivity index (χ1) is 12.2. The number of hydrogen-bond donors (Lipinski definition) is 1. The molecule has 1 fully saturated rings. The summed E-state index contributed by atoms with van der Waals surface area (Å²) in [7, 11) is 0. The van der Waals surface area contributed by atoms with Crippen LogP contribution in [0.5, 0.6) is 0 Å². The quantitative estimate of drug-likeness (QED) is 0.744. The topological polar surface area (TPSA) is 61.4 Å². The molecule has 3 heterocycles. The molecule has 0 bridgehead atoms. The molecule has 0 saturated carbocycles. The zero-order valence-electron chi connectivity index (χ0n) is 13.4. The summed E-state index contributed by atoms with van der Waals surface area (Å²) in [6, 6.07) is 11.0. The minimum atomic E-state index is -0.126. The number of pyridine rings is 1. The van der Waals surface area contributed by atoms with Crippen LogP contribution < -0.4 is 10.2 Å². The predicted molar refractivity (Wildman–Crippen MR) is 102 cm³/mol. The molecule has 1 aliphatic rings. The number of anilines is 2. The van der Waals surface area contributed by atoms with Gasteiger partial charge in [-0.05, 0) is 24.3 Å². The van der Waals surface area contributed by atoms with Gasteiger partial charge in [-0.2, -0.15) is 0 Å². The van der Waals surface area contributed by atoms with Crippen molar-refractivity contribution in [2.75, 3.05) is 36.4 Å². The van der Waals surface area contributed by atoms with Crippen LogP contribution in [0, 0.1) is 0 Å². The van der Waals surface area contributed by atoms with Crippen molar-refractivity contribution in [3.8, 4) is 0 Å². The Hall–Kier alpha value is -2.38. The Bertz CT molecular complexity index is 874. The molecule has 25 heavy (non-hydrogen) atoms. The zero-order valence-corrected chi connectivity index (χ0v) is 14.9. The monoisotopic (exact) mass is 373 g/mol. The van der Waals surface area contributed by atoms with Crippen LogP contribution in [0.25, 0.3) is 10.3 Å². The molecule has 0 unspecified atom stereocenters. The van der Waals surface area contributed by atoms with Gasteiger partial charge in [-0.1, -0.05) is 35.1 Å². The van der Waals surface area contributed by atoms with Crippen LogP contribution in [0.4, 0.5) is 15.6 Å². The second-order valence-corrected chi connectivity index (χ2v) is 7.07. The third-order valence-corrected chi connectivity index (χ3v) is 5.48. The number of urea groups is 1. The number of piperazine rings is 1. The van der Waals surface area contributed by atoms with Crippen LogP contribution in [0.15, 0.2) is 42.6 Å². The Morgan fingerprint density at radius 1 is 1.12 bits per heavy atom. The Labute approximate surface area is 154 Å².